The van der Waals surface area contributed by atoms with E-state index >= 15 is 0 Å². The molecule has 0 saturated heterocycles. The van der Waals surface area contributed by atoms with Crippen molar-refractivity contribution in [2.75, 3.05) is 7.05 Å². The van der Waals surface area contributed by atoms with Gasteiger partial charge in [-0.3, -0.25) is 9.59 Å². The summed E-state index contributed by atoms with van der Waals surface area (Å²) in [6.45, 7) is 5.61. The summed E-state index contributed by atoms with van der Waals surface area (Å²) in [5.41, 5.74) is 0. The van der Waals surface area contributed by atoms with E-state index in [1.54, 1.807) is 24.3 Å². The molecular weight excluding hydrogens is 232 g/mol. The van der Waals surface area contributed by atoms with Gasteiger partial charge in [0.05, 0.1) is 6.54 Å². The van der Waals surface area contributed by atoms with Gasteiger partial charge >= 0.3 is 0 Å². The number of likely N-dealkylation sites (N-methyl/N-ethyl adjacent to an activating group) is 1. The predicted octanol–water partition coefficient (Wildman–Crippen LogP) is 0.529. The SMILES string of the molecule is CC(=O)NC(C(=O)N(C)Cc1ncc[nH]1)C(C)C. The monoisotopic (exact) mass is 252 g/mol. The molecule has 0 aliphatic rings. The Hall–Kier alpha value is -1.85. The third kappa shape index (κ3) is 3.87. The minimum absolute atomic E-state index is 0.0421. The topological polar surface area (TPSA) is 78.1 Å². The van der Waals surface area contributed by atoms with Crippen LogP contribution in [0.3, 0.4) is 0 Å². The fourth-order valence-electron chi connectivity index (χ4n) is 1.66. The third-order valence-corrected chi connectivity index (χ3v) is 2.61. The van der Waals surface area contributed by atoms with E-state index < -0.39 is 6.04 Å². The molecule has 1 aromatic heterocycles. The molecule has 1 aromatic rings. The van der Waals surface area contributed by atoms with Gasteiger partial charge in [0.15, 0.2) is 0 Å². The van der Waals surface area contributed by atoms with Gasteiger partial charge in [-0.05, 0) is 5.92 Å². The van der Waals surface area contributed by atoms with Crippen LogP contribution in [0.4, 0.5) is 0 Å². The Labute approximate surface area is 107 Å². The number of aromatic amines is 1. The van der Waals surface area contributed by atoms with Crippen LogP contribution in [0.1, 0.15) is 26.6 Å². The standard InChI is InChI=1S/C12H20N4O2/c1-8(2)11(15-9(3)17)12(18)16(4)7-10-13-5-6-14-10/h5-6,8,11H,7H2,1-4H3,(H,13,14)(H,15,17). The fourth-order valence-corrected chi connectivity index (χ4v) is 1.66. The van der Waals surface area contributed by atoms with Crippen LogP contribution < -0.4 is 5.32 Å². The van der Waals surface area contributed by atoms with Crippen LogP contribution >= 0.6 is 0 Å². The van der Waals surface area contributed by atoms with Crippen molar-refractivity contribution in [1.82, 2.24) is 20.2 Å². The molecule has 18 heavy (non-hydrogen) atoms. The van der Waals surface area contributed by atoms with Gasteiger partial charge in [-0.15, -0.1) is 0 Å². The highest BCUT2D eigenvalue weighted by Gasteiger charge is 2.26. The minimum atomic E-state index is -0.498. The summed E-state index contributed by atoms with van der Waals surface area (Å²) in [5, 5.41) is 2.68. The van der Waals surface area contributed by atoms with E-state index in [4.69, 9.17) is 0 Å². The highest BCUT2D eigenvalue weighted by atomic mass is 16.2. The van der Waals surface area contributed by atoms with E-state index in [0.717, 1.165) is 5.82 Å². The highest BCUT2D eigenvalue weighted by Crippen LogP contribution is 2.07. The fraction of sp³-hybridized carbons (Fsp3) is 0.583. The lowest BCUT2D eigenvalue weighted by Crippen LogP contribution is -2.49. The lowest BCUT2D eigenvalue weighted by atomic mass is 10.0. The van der Waals surface area contributed by atoms with Crippen LogP contribution in [0, 0.1) is 5.92 Å². The first kappa shape index (κ1) is 14.2. The zero-order valence-electron chi connectivity index (χ0n) is 11.2. The molecule has 0 aliphatic carbocycles. The summed E-state index contributed by atoms with van der Waals surface area (Å²) in [7, 11) is 1.70. The Balaban J connectivity index is 2.67. The molecule has 2 amide bonds. The number of carbonyl (C=O) groups excluding carboxylic acids is 2. The van der Waals surface area contributed by atoms with Crippen molar-refractivity contribution in [2.45, 2.75) is 33.4 Å². The van der Waals surface area contributed by atoms with Crippen LogP contribution in [0.25, 0.3) is 0 Å². The molecule has 0 spiro atoms. The van der Waals surface area contributed by atoms with E-state index in [1.165, 1.54) is 6.92 Å². The number of H-pyrrole nitrogens is 1. The van der Waals surface area contributed by atoms with Gasteiger partial charge in [-0.1, -0.05) is 13.8 Å². The number of hydrogen-bond donors (Lipinski definition) is 2. The van der Waals surface area contributed by atoms with Gasteiger partial charge in [0.25, 0.3) is 0 Å². The zero-order chi connectivity index (χ0) is 13.7. The molecule has 1 atom stereocenters. The Morgan fingerprint density at radius 3 is 2.61 bits per heavy atom. The molecule has 100 valence electrons. The molecule has 2 N–H and O–H groups in total. The lowest BCUT2D eigenvalue weighted by molar-refractivity contribution is -0.136. The van der Waals surface area contributed by atoms with E-state index in [9.17, 15) is 9.59 Å². The van der Waals surface area contributed by atoms with Crippen LogP contribution in [0.5, 0.6) is 0 Å². The number of hydrogen-bond acceptors (Lipinski definition) is 3. The van der Waals surface area contributed by atoms with Gasteiger partial charge in [-0.2, -0.15) is 0 Å². The Kier molecular flexibility index (Phi) is 4.88. The molecule has 0 fully saturated rings. The highest BCUT2D eigenvalue weighted by molar-refractivity contribution is 5.86. The van der Waals surface area contributed by atoms with Crippen LogP contribution in [-0.2, 0) is 16.1 Å². The number of carbonyl (C=O) groups is 2. The molecule has 1 rings (SSSR count). The number of rotatable bonds is 5. The molecule has 1 unspecified atom stereocenters. The van der Waals surface area contributed by atoms with Crippen molar-refractivity contribution < 1.29 is 9.59 Å². The van der Waals surface area contributed by atoms with Crippen LogP contribution in [-0.4, -0.2) is 39.8 Å². The summed E-state index contributed by atoms with van der Waals surface area (Å²) in [6, 6.07) is -0.498. The van der Waals surface area contributed by atoms with Gasteiger partial charge in [0.1, 0.15) is 11.9 Å². The number of imidazole rings is 1. The summed E-state index contributed by atoms with van der Waals surface area (Å²) >= 11 is 0. The third-order valence-electron chi connectivity index (χ3n) is 2.61. The first-order valence-corrected chi connectivity index (χ1v) is 5.92. The molecule has 0 aromatic carbocycles. The maximum atomic E-state index is 12.2. The van der Waals surface area contributed by atoms with Crippen LogP contribution in [0.2, 0.25) is 0 Å². The largest absolute Gasteiger partial charge is 0.347 e. The van der Waals surface area contributed by atoms with Crippen molar-refractivity contribution in [3.8, 4) is 0 Å². The first-order valence-electron chi connectivity index (χ1n) is 5.92. The zero-order valence-corrected chi connectivity index (χ0v) is 11.2. The number of nitrogens with zero attached hydrogens (tertiary/aromatic N) is 2. The van der Waals surface area contributed by atoms with Crippen molar-refractivity contribution in [3.05, 3.63) is 18.2 Å². The Morgan fingerprint density at radius 1 is 1.50 bits per heavy atom. The van der Waals surface area contributed by atoms with E-state index in [2.05, 4.69) is 15.3 Å². The molecule has 6 nitrogen and oxygen atoms in total. The smallest absolute Gasteiger partial charge is 0.245 e. The van der Waals surface area contributed by atoms with Gasteiger partial charge < -0.3 is 15.2 Å². The molecule has 1 heterocycles. The molecule has 0 aliphatic heterocycles. The van der Waals surface area contributed by atoms with Crippen molar-refractivity contribution in [2.24, 2.45) is 5.92 Å². The second-order valence-corrected chi connectivity index (χ2v) is 4.65. The normalized spacial score (nSPS) is 12.3. The molecule has 0 bridgehead atoms. The van der Waals surface area contributed by atoms with E-state index in [-0.39, 0.29) is 17.7 Å². The minimum Gasteiger partial charge on any atom is -0.347 e. The summed E-state index contributed by atoms with van der Waals surface area (Å²) in [6.07, 6.45) is 3.35. The average molecular weight is 252 g/mol. The van der Waals surface area contributed by atoms with E-state index in [1.807, 2.05) is 13.8 Å². The second kappa shape index (κ2) is 6.18. The van der Waals surface area contributed by atoms with E-state index in [0.29, 0.717) is 6.54 Å². The maximum absolute atomic E-state index is 12.2. The quantitative estimate of drug-likeness (QED) is 0.802. The van der Waals surface area contributed by atoms with Gasteiger partial charge in [0.2, 0.25) is 11.8 Å². The Morgan fingerprint density at radius 2 is 2.17 bits per heavy atom. The second-order valence-electron chi connectivity index (χ2n) is 4.65. The number of amides is 2. The molecule has 0 radical (unpaired) electrons. The first-order chi connectivity index (χ1) is 8.41. The van der Waals surface area contributed by atoms with Gasteiger partial charge in [-0.25, -0.2) is 4.98 Å². The Bertz CT molecular complexity index is 400. The van der Waals surface area contributed by atoms with Crippen molar-refractivity contribution in [3.63, 3.8) is 0 Å². The lowest BCUT2D eigenvalue weighted by Gasteiger charge is -2.26. The number of aromatic nitrogens is 2. The summed E-state index contributed by atoms with van der Waals surface area (Å²) in [5.74, 6) is 0.446. The van der Waals surface area contributed by atoms with Crippen molar-refractivity contribution >= 4 is 11.8 Å². The molecule has 0 saturated carbocycles. The summed E-state index contributed by atoms with van der Waals surface area (Å²) in [4.78, 5) is 31.9. The summed E-state index contributed by atoms with van der Waals surface area (Å²) < 4.78 is 0. The molecular formula is C12H20N4O2. The maximum Gasteiger partial charge on any atom is 0.245 e. The van der Waals surface area contributed by atoms with Crippen molar-refractivity contribution in [1.29, 1.82) is 0 Å². The molecule has 6 heteroatoms. The number of nitrogens with one attached hydrogen (secondary N) is 2. The van der Waals surface area contributed by atoms with Crippen LogP contribution in [0.15, 0.2) is 12.4 Å². The average Bonchev–Trinajstić information content (AvgIpc) is 2.77. The van der Waals surface area contributed by atoms with Gasteiger partial charge in [0, 0.05) is 26.4 Å². The predicted molar refractivity (Wildman–Crippen MR) is 67.5 cm³/mol.